The molecular formula is C18H18Cl2FNO3. The first-order chi connectivity index (χ1) is 11.8. The third-order valence-electron chi connectivity index (χ3n) is 3.44. The smallest absolute Gasteiger partial charge is 0.307 e. The van der Waals surface area contributed by atoms with Gasteiger partial charge in [-0.05, 0) is 49.2 Å². The van der Waals surface area contributed by atoms with Crippen molar-refractivity contribution < 1.29 is 19.0 Å². The molecule has 7 heteroatoms. The molecule has 0 bridgehead atoms. The van der Waals surface area contributed by atoms with Gasteiger partial charge in [0.05, 0.1) is 22.2 Å². The number of aryl methyl sites for hydroxylation is 1. The molecule has 4 nitrogen and oxygen atoms in total. The lowest BCUT2D eigenvalue weighted by atomic mass is 10.1. The van der Waals surface area contributed by atoms with Crippen LogP contribution < -0.4 is 10.1 Å². The van der Waals surface area contributed by atoms with Crippen molar-refractivity contribution in [3.63, 3.8) is 0 Å². The number of ether oxygens (including phenoxy) is 1. The summed E-state index contributed by atoms with van der Waals surface area (Å²) in [6.45, 7) is 4.30. The molecule has 25 heavy (non-hydrogen) atoms. The molecule has 0 aliphatic heterocycles. The minimum absolute atomic E-state index is 0.0520. The van der Waals surface area contributed by atoms with Gasteiger partial charge in [-0.15, -0.1) is 0 Å². The number of carboxylic acids is 1. The Morgan fingerprint density at radius 1 is 1.24 bits per heavy atom. The van der Waals surface area contributed by atoms with E-state index in [4.69, 9.17) is 33.0 Å². The van der Waals surface area contributed by atoms with E-state index in [1.54, 1.807) is 12.1 Å². The van der Waals surface area contributed by atoms with Crippen molar-refractivity contribution in [2.75, 3.05) is 11.9 Å². The number of anilines is 1. The van der Waals surface area contributed by atoms with E-state index in [0.717, 1.165) is 5.56 Å². The Hall–Kier alpha value is -1.98. The SMILES string of the molecule is CCNc1cc(C)cc(COc2c(Cl)cc(CC(=O)O)cc2Cl)c1F. The summed E-state index contributed by atoms with van der Waals surface area (Å²) < 4.78 is 20.1. The summed E-state index contributed by atoms with van der Waals surface area (Å²) in [5.41, 5.74) is 2.14. The van der Waals surface area contributed by atoms with E-state index in [1.165, 1.54) is 12.1 Å². The summed E-state index contributed by atoms with van der Waals surface area (Å²) >= 11 is 12.3. The van der Waals surface area contributed by atoms with Crippen molar-refractivity contribution in [2.45, 2.75) is 26.9 Å². The Kier molecular flexibility index (Phi) is 6.51. The Morgan fingerprint density at radius 2 is 1.88 bits per heavy atom. The minimum Gasteiger partial charge on any atom is -0.486 e. The Balaban J connectivity index is 2.23. The summed E-state index contributed by atoms with van der Waals surface area (Å²) in [7, 11) is 0. The summed E-state index contributed by atoms with van der Waals surface area (Å²) in [5, 5.41) is 12.2. The van der Waals surface area contributed by atoms with Crippen molar-refractivity contribution in [3.05, 3.63) is 56.8 Å². The highest BCUT2D eigenvalue weighted by Crippen LogP contribution is 2.35. The first kappa shape index (κ1) is 19.3. The molecular weight excluding hydrogens is 368 g/mol. The molecule has 0 aliphatic carbocycles. The van der Waals surface area contributed by atoms with Crippen molar-refractivity contribution in [3.8, 4) is 5.75 Å². The van der Waals surface area contributed by atoms with Crippen LogP contribution in [0.1, 0.15) is 23.6 Å². The van der Waals surface area contributed by atoms with Gasteiger partial charge < -0.3 is 15.2 Å². The molecule has 0 aliphatic rings. The summed E-state index contributed by atoms with van der Waals surface area (Å²) in [6, 6.07) is 6.38. The molecule has 0 unspecified atom stereocenters. The Bertz CT molecular complexity index is 773. The molecule has 2 rings (SSSR count). The molecule has 2 aromatic rings. The van der Waals surface area contributed by atoms with Crippen molar-refractivity contribution in [1.82, 2.24) is 0 Å². The zero-order valence-electron chi connectivity index (χ0n) is 13.8. The van der Waals surface area contributed by atoms with Crippen LogP contribution in [0.2, 0.25) is 10.0 Å². The second kappa shape index (κ2) is 8.41. The van der Waals surface area contributed by atoms with E-state index in [1.807, 2.05) is 13.8 Å². The first-order valence-electron chi connectivity index (χ1n) is 7.67. The van der Waals surface area contributed by atoms with E-state index in [9.17, 15) is 9.18 Å². The monoisotopic (exact) mass is 385 g/mol. The van der Waals surface area contributed by atoms with Crippen LogP contribution in [0.3, 0.4) is 0 Å². The third kappa shape index (κ3) is 5.00. The fraction of sp³-hybridized carbons (Fsp3) is 0.278. The Morgan fingerprint density at radius 3 is 2.44 bits per heavy atom. The van der Waals surface area contributed by atoms with Gasteiger partial charge in [0.25, 0.3) is 0 Å². The lowest BCUT2D eigenvalue weighted by Crippen LogP contribution is -2.06. The van der Waals surface area contributed by atoms with Gasteiger partial charge >= 0.3 is 5.97 Å². The van der Waals surface area contributed by atoms with Crippen molar-refractivity contribution in [2.24, 2.45) is 0 Å². The number of carboxylic acid groups (broad SMARTS) is 1. The number of carbonyl (C=O) groups is 1. The maximum atomic E-state index is 14.5. The molecule has 2 N–H and O–H groups in total. The molecule has 0 atom stereocenters. The van der Waals surface area contributed by atoms with E-state index in [-0.39, 0.29) is 34.6 Å². The van der Waals surface area contributed by atoms with Gasteiger partial charge in [0, 0.05) is 12.1 Å². The molecule has 0 heterocycles. The van der Waals surface area contributed by atoms with Crippen LogP contribution in [-0.2, 0) is 17.8 Å². The lowest BCUT2D eigenvalue weighted by Gasteiger charge is -2.14. The molecule has 0 saturated heterocycles. The zero-order valence-corrected chi connectivity index (χ0v) is 15.3. The molecule has 0 fully saturated rings. The maximum Gasteiger partial charge on any atom is 0.307 e. The van der Waals surface area contributed by atoms with E-state index >= 15 is 0 Å². The standard InChI is InChI=1S/C18H18Cl2FNO3/c1-3-22-15-5-10(2)4-12(17(15)21)9-25-18-13(19)6-11(7-14(18)20)8-16(23)24/h4-7,22H,3,8-9H2,1-2H3,(H,23,24). The Labute approximate surface area is 155 Å². The van der Waals surface area contributed by atoms with Gasteiger partial charge in [-0.25, -0.2) is 4.39 Å². The zero-order chi connectivity index (χ0) is 18.6. The number of hydrogen-bond donors (Lipinski definition) is 2. The molecule has 0 saturated carbocycles. The van der Waals surface area contributed by atoms with Gasteiger partial charge in [0.2, 0.25) is 0 Å². The van der Waals surface area contributed by atoms with Crippen LogP contribution in [0.4, 0.5) is 10.1 Å². The predicted octanol–water partition coefficient (Wildman–Crippen LogP) is 5.08. The first-order valence-corrected chi connectivity index (χ1v) is 8.42. The van der Waals surface area contributed by atoms with Gasteiger partial charge in [-0.1, -0.05) is 23.2 Å². The topological polar surface area (TPSA) is 58.6 Å². The van der Waals surface area contributed by atoms with E-state index < -0.39 is 5.97 Å². The van der Waals surface area contributed by atoms with Crippen LogP contribution >= 0.6 is 23.2 Å². The summed E-state index contributed by atoms with van der Waals surface area (Å²) in [5.74, 6) is -1.18. The number of nitrogens with one attached hydrogen (secondary N) is 1. The number of hydrogen-bond acceptors (Lipinski definition) is 3. The molecule has 0 aromatic heterocycles. The number of rotatable bonds is 7. The largest absolute Gasteiger partial charge is 0.486 e. The average Bonchev–Trinajstić information content (AvgIpc) is 2.50. The van der Waals surface area contributed by atoms with E-state index in [2.05, 4.69) is 5.32 Å². The van der Waals surface area contributed by atoms with Gasteiger partial charge in [-0.3, -0.25) is 4.79 Å². The highest BCUT2D eigenvalue weighted by Gasteiger charge is 2.14. The fourth-order valence-corrected chi connectivity index (χ4v) is 3.09. The summed E-state index contributed by atoms with van der Waals surface area (Å²) in [6.07, 6.45) is -0.196. The number of aliphatic carboxylic acids is 1. The second-order valence-corrected chi connectivity index (χ2v) is 6.38. The maximum absolute atomic E-state index is 14.5. The summed E-state index contributed by atoms with van der Waals surface area (Å²) in [4.78, 5) is 10.8. The minimum atomic E-state index is -0.987. The molecule has 0 spiro atoms. The quantitative estimate of drug-likeness (QED) is 0.697. The molecule has 2 aromatic carbocycles. The average molecular weight is 386 g/mol. The van der Waals surface area contributed by atoms with Crippen LogP contribution in [0.25, 0.3) is 0 Å². The highest BCUT2D eigenvalue weighted by molar-refractivity contribution is 6.37. The molecule has 134 valence electrons. The van der Waals surface area contributed by atoms with Crippen LogP contribution in [0.5, 0.6) is 5.75 Å². The highest BCUT2D eigenvalue weighted by atomic mass is 35.5. The predicted molar refractivity (Wildman–Crippen MR) is 97.4 cm³/mol. The fourth-order valence-electron chi connectivity index (χ4n) is 2.44. The van der Waals surface area contributed by atoms with Gasteiger partial charge in [0.1, 0.15) is 6.61 Å². The lowest BCUT2D eigenvalue weighted by molar-refractivity contribution is -0.136. The molecule has 0 radical (unpaired) electrons. The van der Waals surface area contributed by atoms with Crippen molar-refractivity contribution in [1.29, 1.82) is 0 Å². The normalized spacial score (nSPS) is 10.6. The molecule has 0 amide bonds. The van der Waals surface area contributed by atoms with Crippen molar-refractivity contribution >= 4 is 34.9 Å². The number of halogens is 3. The van der Waals surface area contributed by atoms with Crippen LogP contribution in [-0.4, -0.2) is 17.6 Å². The van der Waals surface area contributed by atoms with Gasteiger partial charge in [-0.2, -0.15) is 0 Å². The van der Waals surface area contributed by atoms with Crippen LogP contribution in [0.15, 0.2) is 24.3 Å². The number of benzene rings is 2. The second-order valence-electron chi connectivity index (χ2n) is 5.56. The third-order valence-corrected chi connectivity index (χ3v) is 4.01. The van der Waals surface area contributed by atoms with Crippen LogP contribution in [0, 0.1) is 12.7 Å². The van der Waals surface area contributed by atoms with Gasteiger partial charge in [0.15, 0.2) is 11.6 Å². The van der Waals surface area contributed by atoms with E-state index in [0.29, 0.717) is 23.4 Å².